The smallest absolute Gasteiger partial charge is 0.206 e. The Morgan fingerprint density at radius 1 is 1.13 bits per heavy atom. The number of hydrogen-bond donors (Lipinski definition) is 0. The third-order valence-corrected chi connectivity index (χ3v) is 2.05. The molecule has 0 amide bonds. The highest BCUT2D eigenvalue weighted by Crippen LogP contribution is 2.16. The molecular formula is C12H11F3. The molecule has 0 saturated carbocycles. The highest BCUT2D eigenvalue weighted by molar-refractivity contribution is 5.47. The second-order valence-corrected chi connectivity index (χ2v) is 3.11. The monoisotopic (exact) mass is 212 g/mol. The molecule has 80 valence electrons. The van der Waals surface area contributed by atoms with Crippen molar-refractivity contribution >= 4 is 6.08 Å². The average molecular weight is 212 g/mol. The maximum atomic E-state index is 12.5. The van der Waals surface area contributed by atoms with Crippen LogP contribution < -0.4 is 0 Å². The first-order chi connectivity index (χ1) is 7.13. The molecule has 1 aromatic carbocycles. The molecule has 0 aliphatic heterocycles. The van der Waals surface area contributed by atoms with Crippen LogP contribution in [0.3, 0.4) is 0 Å². The molecule has 1 aromatic rings. The topological polar surface area (TPSA) is 0 Å². The molecule has 0 unspecified atom stereocenters. The van der Waals surface area contributed by atoms with Gasteiger partial charge in [-0.1, -0.05) is 36.9 Å². The van der Waals surface area contributed by atoms with Gasteiger partial charge in [-0.15, -0.1) is 0 Å². The van der Waals surface area contributed by atoms with Gasteiger partial charge < -0.3 is 0 Å². The van der Waals surface area contributed by atoms with E-state index in [0.717, 1.165) is 11.1 Å². The van der Waals surface area contributed by atoms with Gasteiger partial charge in [0.15, 0.2) is 5.83 Å². The Morgan fingerprint density at radius 2 is 1.73 bits per heavy atom. The first-order valence-electron chi connectivity index (χ1n) is 4.54. The predicted molar refractivity (Wildman–Crippen MR) is 55.2 cm³/mol. The molecule has 0 atom stereocenters. The molecule has 0 aliphatic carbocycles. The van der Waals surface area contributed by atoms with E-state index in [1.807, 2.05) is 12.1 Å². The zero-order valence-corrected chi connectivity index (χ0v) is 8.14. The lowest BCUT2D eigenvalue weighted by molar-refractivity contribution is 0.370. The van der Waals surface area contributed by atoms with E-state index in [1.165, 1.54) is 0 Å². The molecule has 0 aliphatic rings. The van der Waals surface area contributed by atoms with Gasteiger partial charge in [-0.3, -0.25) is 0 Å². The largest absolute Gasteiger partial charge is 0.301 e. The van der Waals surface area contributed by atoms with Crippen molar-refractivity contribution in [3.05, 3.63) is 53.9 Å². The minimum atomic E-state index is -2.22. The lowest BCUT2D eigenvalue weighted by atomic mass is 10.1. The fourth-order valence-corrected chi connectivity index (χ4v) is 1.17. The fraction of sp³-hybridized carbons (Fsp3) is 0.167. The second-order valence-electron chi connectivity index (χ2n) is 3.11. The minimum Gasteiger partial charge on any atom is -0.206 e. The van der Waals surface area contributed by atoms with E-state index in [4.69, 9.17) is 0 Å². The van der Waals surface area contributed by atoms with E-state index in [1.54, 1.807) is 18.2 Å². The van der Waals surface area contributed by atoms with Crippen LogP contribution in [-0.2, 0) is 6.42 Å². The average Bonchev–Trinajstić information content (AvgIpc) is 2.26. The van der Waals surface area contributed by atoms with Crippen LogP contribution in [0.5, 0.6) is 0 Å². The van der Waals surface area contributed by atoms with E-state index in [9.17, 15) is 13.2 Å². The van der Waals surface area contributed by atoms with Crippen LogP contribution in [0.1, 0.15) is 17.5 Å². The first-order valence-corrected chi connectivity index (χ1v) is 4.54. The molecule has 0 radical (unpaired) electrons. The van der Waals surface area contributed by atoms with Crippen molar-refractivity contribution < 1.29 is 13.2 Å². The Morgan fingerprint density at radius 3 is 2.20 bits per heavy atom. The molecule has 3 heteroatoms. The minimum absolute atomic E-state index is 0.254. The molecule has 0 aromatic heterocycles. The number of rotatable bonds is 4. The number of allylic oxidation sites excluding steroid dienone is 1. The summed E-state index contributed by atoms with van der Waals surface area (Å²) >= 11 is 0. The summed E-state index contributed by atoms with van der Waals surface area (Å²) in [5.74, 6) is -1.33. The first kappa shape index (κ1) is 11.6. The number of halogens is 3. The van der Waals surface area contributed by atoms with Crippen molar-refractivity contribution in [3.8, 4) is 0 Å². The third-order valence-electron chi connectivity index (χ3n) is 2.05. The van der Waals surface area contributed by atoms with Gasteiger partial charge in [-0.05, 0) is 17.5 Å². The van der Waals surface area contributed by atoms with Gasteiger partial charge in [0.25, 0.3) is 0 Å². The van der Waals surface area contributed by atoms with Crippen molar-refractivity contribution in [2.45, 2.75) is 12.8 Å². The summed E-state index contributed by atoms with van der Waals surface area (Å²) in [7, 11) is 0. The summed E-state index contributed by atoms with van der Waals surface area (Å²) in [5.41, 5.74) is 1.78. The Labute approximate surface area is 86.7 Å². The van der Waals surface area contributed by atoms with E-state index in [0.29, 0.717) is 0 Å². The molecule has 0 nitrogen and oxygen atoms in total. The van der Waals surface area contributed by atoms with Crippen LogP contribution in [0.15, 0.2) is 42.8 Å². The quantitative estimate of drug-likeness (QED) is 0.696. The number of hydrogen-bond acceptors (Lipinski definition) is 0. The number of benzene rings is 1. The van der Waals surface area contributed by atoms with Gasteiger partial charge in [-0.25, -0.2) is 4.39 Å². The van der Waals surface area contributed by atoms with Gasteiger partial charge in [-0.2, -0.15) is 8.78 Å². The van der Waals surface area contributed by atoms with Gasteiger partial charge in [0.2, 0.25) is 0 Å². The van der Waals surface area contributed by atoms with Crippen molar-refractivity contribution in [2.24, 2.45) is 0 Å². The lowest BCUT2D eigenvalue weighted by Gasteiger charge is -2.00. The van der Waals surface area contributed by atoms with E-state index < -0.39 is 11.9 Å². The molecular weight excluding hydrogens is 201 g/mol. The van der Waals surface area contributed by atoms with Gasteiger partial charge in [0, 0.05) is 6.42 Å². The van der Waals surface area contributed by atoms with E-state index in [2.05, 4.69) is 6.58 Å². The summed E-state index contributed by atoms with van der Waals surface area (Å²) in [5, 5.41) is 0. The SMILES string of the molecule is C=Cc1ccc(CCC(F)=C(F)F)cc1. The molecule has 0 saturated heterocycles. The number of aryl methyl sites for hydroxylation is 1. The van der Waals surface area contributed by atoms with Crippen molar-refractivity contribution in [3.63, 3.8) is 0 Å². The summed E-state index contributed by atoms with van der Waals surface area (Å²) in [6.07, 6.45) is -0.514. The Balaban J connectivity index is 2.59. The summed E-state index contributed by atoms with van der Waals surface area (Å²) < 4.78 is 36.0. The highest BCUT2D eigenvalue weighted by atomic mass is 19.3. The second kappa shape index (κ2) is 5.39. The zero-order valence-electron chi connectivity index (χ0n) is 8.14. The van der Waals surface area contributed by atoms with Gasteiger partial charge >= 0.3 is 6.08 Å². The van der Waals surface area contributed by atoms with Gasteiger partial charge in [0.05, 0.1) is 0 Å². The maximum absolute atomic E-state index is 12.5. The zero-order chi connectivity index (χ0) is 11.3. The summed E-state index contributed by atoms with van der Waals surface area (Å²) in [4.78, 5) is 0. The summed E-state index contributed by atoms with van der Waals surface area (Å²) in [6, 6.07) is 7.19. The van der Waals surface area contributed by atoms with Crippen LogP contribution in [0, 0.1) is 0 Å². The predicted octanol–water partition coefficient (Wildman–Crippen LogP) is 4.34. The van der Waals surface area contributed by atoms with E-state index in [-0.39, 0.29) is 12.8 Å². The lowest BCUT2D eigenvalue weighted by Crippen LogP contribution is -1.86. The molecule has 0 bridgehead atoms. The Bertz CT molecular complexity index is 359. The van der Waals surface area contributed by atoms with Crippen LogP contribution in [0.2, 0.25) is 0 Å². The molecule has 1 rings (SSSR count). The molecule has 0 heterocycles. The van der Waals surface area contributed by atoms with E-state index >= 15 is 0 Å². The van der Waals surface area contributed by atoms with Crippen molar-refractivity contribution in [2.75, 3.05) is 0 Å². The van der Waals surface area contributed by atoms with Crippen LogP contribution in [0.25, 0.3) is 6.08 Å². The Hall–Kier alpha value is -1.51. The molecule has 0 fully saturated rings. The maximum Gasteiger partial charge on any atom is 0.301 e. The van der Waals surface area contributed by atoms with Crippen LogP contribution in [0.4, 0.5) is 13.2 Å². The fourth-order valence-electron chi connectivity index (χ4n) is 1.17. The van der Waals surface area contributed by atoms with Crippen molar-refractivity contribution in [1.29, 1.82) is 0 Å². The standard InChI is InChI=1S/C12H11F3/c1-2-9-3-5-10(6-4-9)7-8-11(13)12(14)15/h2-6H,1,7-8H2. The van der Waals surface area contributed by atoms with Gasteiger partial charge in [0.1, 0.15) is 0 Å². The normalized spacial score (nSPS) is 9.80. The third kappa shape index (κ3) is 3.62. The van der Waals surface area contributed by atoms with Crippen LogP contribution in [-0.4, -0.2) is 0 Å². The Kier molecular flexibility index (Phi) is 4.16. The molecule has 0 spiro atoms. The van der Waals surface area contributed by atoms with Crippen molar-refractivity contribution in [1.82, 2.24) is 0 Å². The highest BCUT2D eigenvalue weighted by Gasteiger charge is 2.04. The van der Waals surface area contributed by atoms with Crippen LogP contribution >= 0.6 is 0 Å². The molecule has 15 heavy (non-hydrogen) atoms. The summed E-state index contributed by atoms with van der Waals surface area (Å²) in [6.45, 7) is 3.59. The molecule has 0 N–H and O–H groups in total.